The number of benzene rings is 3. The van der Waals surface area contributed by atoms with Crippen LogP contribution in [0.2, 0.25) is 0 Å². The quantitative estimate of drug-likeness (QED) is 0.298. The van der Waals surface area contributed by atoms with Crippen LogP contribution in [0, 0.1) is 6.92 Å². The van der Waals surface area contributed by atoms with Gasteiger partial charge in [-0.15, -0.1) is 12.4 Å². The van der Waals surface area contributed by atoms with Crippen molar-refractivity contribution in [3.05, 3.63) is 83.9 Å². The maximum atomic E-state index is 13.2. The number of aryl methyl sites for hydroxylation is 1. The fourth-order valence-electron chi connectivity index (χ4n) is 4.74. The number of fused-ring (bicyclic) bond motifs is 1. The van der Waals surface area contributed by atoms with Gasteiger partial charge in [-0.05, 0) is 67.9 Å². The third-order valence-corrected chi connectivity index (χ3v) is 9.92. The van der Waals surface area contributed by atoms with Crippen LogP contribution in [0.4, 0.5) is 10.8 Å². The number of rotatable bonds is 9. The van der Waals surface area contributed by atoms with E-state index in [0.717, 1.165) is 43.4 Å². The zero-order valence-electron chi connectivity index (χ0n) is 22.6. The normalized spacial score (nSPS) is 14.1. The van der Waals surface area contributed by atoms with Gasteiger partial charge in [0.05, 0.1) is 20.8 Å². The summed E-state index contributed by atoms with van der Waals surface area (Å²) in [6.07, 6.45) is 0. The van der Waals surface area contributed by atoms with Crippen molar-refractivity contribution >= 4 is 60.7 Å². The Balaban J connectivity index is 0.00000370. The van der Waals surface area contributed by atoms with Crippen LogP contribution in [-0.4, -0.2) is 70.0 Å². The third-order valence-electron chi connectivity index (χ3n) is 6.92. The van der Waals surface area contributed by atoms with Crippen LogP contribution < -0.4 is 14.5 Å². The van der Waals surface area contributed by atoms with E-state index in [1.165, 1.54) is 26.7 Å². The number of nitrogens with one attached hydrogen (secondary N) is 1. The lowest BCUT2D eigenvalue weighted by Gasteiger charge is -2.34. The summed E-state index contributed by atoms with van der Waals surface area (Å²) in [6, 6.07) is 21.5. The lowest BCUT2D eigenvalue weighted by Crippen LogP contribution is -2.48. The van der Waals surface area contributed by atoms with Gasteiger partial charge in [0.25, 0.3) is 15.9 Å². The van der Waals surface area contributed by atoms with Crippen molar-refractivity contribution in [2.45, 2.75) is 18.7 Å². The smallest absolute Gasteiger partial charge is 0.264 e. The number of hydrogen-bond acceptors (Lipinski definition) is 7. The number of nitrogens with zero attached hydrogens (tertiary/aromatic N) is 4. The number of anilines is 2. The van der Waals surface area contributed by atoms with Crippen LogP contribution in [-0.2, 0) is 10.0 Å². The number of carbonyl (C=O) groups is 1. The molecule has 1 fully saturated rings. The highest BCUT2D eigenvalue weighted by Gasteiger charge is 2.24. The van der Waals surface area contributed by atoms with E-state index in [1.54, 1.807) is 42.5 Å². The molecule has 2 heterocycles. The number of amides is 1. The zero-order valence-corrected chi connectivity index (χ0v) is 25.1. The lowest BCUT2D eigenvalue weighted by molar-refractivity contribution is 0.0947. The Kier molecular flexibility index (Phi) is 9.68. The number of para-hydroxylation sites is 1. The molecule has 1 amide bonds. The van der Waals surface area contributed by atoms with E-state index in [0.29, 0.717) is 24.3 Å². The predicted molar refractivity (Wildman–Crippen MR) is 166 cm³/mol. The molecule has 5 rings (SSSR count). The average Bonchev–Trinajstić information content (AvgIpc) is 3.37. The number of thiazole rings is 1. The molecule has 40 heavy (non-hydrogen) atoms. The van der Waals surface area contributed by atoms with E-state index < -0.39 is 10.0 Å². The molecule has 0 radical (unpaired) electrons. The molecule has 8 nitrogen and oxygen atoms in total. The van der Waals surface area contributed by atoms with Crippen LogP contribution in [0.1, 0.15) is 22.8 Å². The molecular weight excluding hydrogens is 566 g/mol. The van der Waals surface area contributed by atoms with Crippen molar-refractivity contribution in [1.29, 1.82) is 0 Å². The molecule has 0 aliphatic carbocycles. The lowest BCUT2D eigenvalue weighted by atomic mass is 10.2. The fourth-order valence-corrected chi connectivity index (χ4v) is 7.33. The highest BCUT2D eigenvalue weighted by molar-refractivity contribution is 7.92. The number of aromatic nitrogens is 1. The summed E-state index contributed by atoms with van der Waals surface area (Å²) in [4.78, 5) is 22.3. The average molecular weight is 600 g/mol. The van der Waals surface area contributed by atoms with Gasteiger partial charge in [0.2, 0.25) is 0 Å². The van der Waals surface area contributed by atoms with Gasteiger partial charge in [0, 0.05) is 51.4 Å². The molecule has 1 aliphatic heterocycles. The van der Waals surface area contributed by atoms with Crippen LogP contribution in [0.3, 0.4) is 0 Å². The van der Waals surface area contributed by atoms with E-state index in [9.17, 15) is 13.2 Å². The van der Waals surface area contributed by atoms with Crippen LogP contribution >= 0.6 is 23.7 Å². The second-order valence-corrected chi connectivity index (χ2v) is 12.5. The first-order valence-electron chi connectivity index (χ1n) is 13.2. The Morgan fingerprint density at radius 2 is 1.70 bits per heavy atom. The molecule has 0 spiro atoms. The highest BCUT2D eigenvalue weighted by Crippen LogP contribution is 2.30. The topological polar surface area (TPSA) is 85.8 Å². The Bertz CT molecular complexity index is 1540. The van der Waals surface area contributed by atoms with Gasteiger partial charge in [-0.1, -0.05) is 35.6 Å². The maximum absolute atomic E-state index is 13.2. The summed E-state index contributed by atoms with van der Waals surface area (Å²) >= 11 is 1.74. The molecule has 0 bridgehead atoms. The molecule has 1 aliphatic rings. The van der Waals surface area contributed by atoms with Gasteiger partial charge in [-0.3, -0.25) is 14.0 Å². The first-order valence-corrected chi connectivity index (χ1v) is 15.4. The predicted octanol–water partition coefficient (Wildman–Crippen LogP) is 4.79. The summed E-state index contributed by atoms with van der Waals surface area (Å²) in [5.74, 6) is -0.210. The minimum atomic E-state index is -3.73. The van der Waals surface area contributed by atoms with Gasteiger partial charge < -0.3 is 10.2 Å². The van der Waals surface area contributed by atoms with Crippen LogP contribution in [0.5, 0.6) is 0 Å². The van der Waals surface area contributed by atoms with E-state index in [4.69, 9.17) is 4.98 Å². The van der Waals surface area contributed by atoms with Crippen LogP contribution in [0.25, 0.3) is 10.2 Å². The summed E-state index contributed by atoms with van der Waals surface area (Å²) in [7, 11) is -3.73. The van der Waals surface area contributed by atoms with E-state index in [-0.39, 0.29) is 23.2 Å². The molecular formula is C29H34ClN5O3S2. The zero-order chi connectivity index (χ0) is 27.4. The Hall–Kier alpha value is -3.18. The number of halogens is 1. The molecule has 0 saturated carbocycles. The largest absolute Gasteiger partial charge is 0.351 e. The number of sulfonamides is 1. The van der Waals surface area contributed by atoms with Gasteiger partial charge in [-0.25, -0.2) is 13.4 Å². The highest BCUT2D eigenvalue weighted by atomic mass is 35.5. The second kappa shape index (κ2) is 13.0. The number of piperazine rings is 1. The van der Waals surface area contributed by atoms with Crippen molar-refractivity contribution in [2.75, 3.05) is 55.0 Å². The standard InChI is InChI=1S/C29H33N5O3S2.ClH/c1-3-34(24-7-5-4-6-8-24)39(36,37)25-12-10-23(11-13-25)28(35)30-15-16-32-17-19-33(20-18-32)29-31-26-14-9-22(2)21-27(26)38-29;/h4-14,21H,3,15-20H2,1-2H3,(H,30,35);1H. The van der Waals surface area contributed by atoms with E-state index in [1.807, 2.05) is 18.2 Å². The SMILES string of the molecule is CCN(c1ccccc1)S(=O)(=O)c1ccc(C(=O)NCCN2CCN(c3nc4ccc(C)cc4s3)CC2)cc1.Cl. The molecule has 1 aromatic heterocycles. The Morgan fingerprint density at radius 3 is 2.38 bits per heavy atom. The number of carbonyl (C=O) groups excluding carboxylic acids is 1. The maximum Gasteiger partial charge on any atom is 0.264 e. The molecule has 212 valence electrons. The van der Waals surface area contributed by atoms with Crippen molar-refractivity contribution in [3.8, 4) is 0 Å². The first-order chi connectivity index (χ1) is 18.8. The molecule has 3 aromatic carbocycles. The molecule has 11 heteroatoms. The second-order valence-electron chi connectivity index (χ2n) is 9.58. The fraction of sp³-hybridized carbons (Fsp3) is 0.310. The van der Waals surface area contributed by atoms with Crippen molar-refractivity contribution in [1.82, 2.24) is 15.2 Å². The third kappa shape index (κ3) is 6.58. The molecule has 0 unspecified atom stereocenters. The van der Waals surface area contributed by atoms with Gasteiger partial charge in [0.1, 0.15) is 0 Å². The van der Waals surface area contributed by atoms with Crippen molar-refractivity contribution < 1.29 is 13.2 Å². The number of hydrogen-bond donors (Lipinski definition) is 1. The summed E-state index contributed by atoms with van der Waals surface area (Å²) in [5, 5.41) is 4.04. The van der Waals surface area contributed by atoms with Gasteiger partial charge in [0.15, 0.2) is 5.13 Å². The Morgan fingerprint density at radius 1 is 1.00 bits per heavy atom. The van der Waals surface area contributed by atoms with Crippen molar-refractivity contribution in [3.63, 3.8) is 0 Å². The van der Waals surface area contributed by atoms with Crippen LogP contribution in [0.15, 0.2) is 77.7 Å². The minimum Gasteiger partial charge on any atom is -0.351 e. The van der Waals surface area contributed by atoms with E-state index >= 15 is 0 Å². The van der Waals surface area contributed by atoms with Gasteiger partial charge >= 0.3 is 0 Å². The molecule has 1 saturated heterocycles. The summed E-state index contributed by atoms with van der Waals surface area (Å²) in [6.45, 7) is 9.12. The summed E-state index contributed by atoms with van der Waals surface area (Å²) in [5.41, 5.74) is 3.34. The monoisotopic (exact) mass is 599 g/mol. The first kappa shape index (κ1) is 29.8. The van der Waals surface area contributed by atoms with Gasteiger partial charge in [-0.2, -0.15) is 0 Å². The molecule has 1 N–H and O–H groups in total. The minimum absolute atomic E-state index is 0. The summed E-state index contributed by atoms with van der Waals surface area (Å²) < 4.78 is 28.9. The van der Waals surface area contributed by atoms with E-state index in [2.05, 4.69) is 40.2 Å². The molecule has 4 aromatic rings. The Labute approximate surface area is 246 Å². The van der Waals surface area contributed by atoms with Crippen molar-refractivity contribution in [2.24, 2.45) is 0 Å². The molecule has 0 atom stereocenters.